The second-order valence-corrected chi connectivity index (χ2v) is 7.21. The molecule has 5 heteroatoms. The summed E-state index contributed by atoms with van der Waals surface area (Å²) in [6, 6.07) is 7.17. The van der Waals surface area contributed by atoms with Crippen LogP contribution < -0.4 is 4.90 Å². The van der Waals surface area contributed by atoms with Gasteiger partial charge in [0, 0.05) is 31.4 Å². The molecule has 1 atom stereocenters. The van der Waals surface area contributed by atoms with Crippen molar-refractivity contribution in [1.82, 2.24) is 4.90 Å². The van der Waals surface area contributed by atoms with Gasteiger partial charge in [0.1, 0.15) is 0 Å². The Morgan fingerprint density at radius 2 is 1.88 bits per heavy atom. The van der Waals surface area contributed by atoms with Gasteiger partial charge in [-0.25, -0.2) is 0 Å². The molecule has 1 unspecified atom stereocenters. The van der Waals surface area contributed by atoms with Crippen LogP contribution in [-0.2, 0) is 9.53 Å². The zero-order chi connectivity index (χ0) is 18.5. The minimum absolute atomic E-state index is 0.0401. The fraction of sp³-hybridized carbons (Fsp3) is 0.524. The highest BCUT2D eigenvalue weighted by molar-refractivity contribution is 6.01. The number of hydrogen-bond acceptors (Lipinski definition) is 3. The van der Waals surface area contributed by atoms with Crippen LogP contribution in [0.4, 0.5) is 5.69 Å². The molecular formula is C21H28N2O3. The molecule has 2 amide bonds. The lowest BCUT2D eigenvalue weighted by Crippen LogP contribution is -2.48. The van der Waals surface area contributed by atoms with Gasteiger partial charge in [0.15, 0.2) is 0 Å². The van der Waals surface area contributed by atoms with Gasteiger partial charge in [-0.2, -0.15) is 0 Å². The van der Waals surface area contributed by atoms with E-state index in [0.717, 1.165) is 5.69 Å². The lowest BCUT2D eigenvalue weighted by molar-refractivity contribution is -0.113. The Balaban J connectivity index is 1.64. The largest absolute Gasteiger partial charge is 0.374 e. The summed E-state index contributed by atoms with van der Waals surface area (Å²) in [4.78, 5) is 28.0. The van der Waals surface area contributed by atoms with Crippen LogP contribution in [0.2, 0.25) is 0 Å². The third kappa shape index (κ3) is 4.15. The zero-order valence-corrected chi connectivity index (χ0v) is 15.5. The number of rotatable bonds is 4. The number of hydrogen-bond donors (Lipinski definition) is 0. The van der Waals surface area contributed by atoms with Crippen LogP contribution in [0.5, 0.6) is 0 Å². The van der Waals surface area contributed by atoms with E-state index < -0.39 is 0 Å². The molecule has 2 fully saturated rings. The van der Waals surface area contributed by atoms with Crippen LogP contribution in [-0.4, -0.2) is 49.6 Å². The summed E-state index contributed by atoms with van der Waals surface area (Å²) in [6.07, 6.45) is 7.74. The topological polar surface area (TPSA) is 49.9 Å². The van der Waals surface area contributed by atoms with Gasteiger partial charge in [0.25, 0.3) is 5.91 Å². The van der Waals surface area contributed by atoms with Crippen LogP contribution in [0.15, 0.2) is 36.9 Å². The van der Waals surface area contributed by atoms with E-state index in [1.807, 2.05) is 4.90 Å². The number of ether oxygens (including phenoxy) is 1. The third-order valence-electron chi connectivity index (χ3n) is 5.56. The Bertz CT molecular complexity index is 650. The molecule has 1 saturated heterocycles. The second-order valence-electron chi connectivity index (χ2n) is 7.21. The summed E-state index contributed by atoms with van der Waals surface area (Å²) in [5, 5.41) is 0. The molecule has 0 spiro atoms. The summed E-state index contributed by atoms with van der Waals surface area (Å²) in [5.74, 6) is 0.450. The number of benzene rings is 1. The van der Waals surface area contributed by atoms with Crippen molar-refractivity contribution in [2.45, 2.75) is 38.2 Å². The normalized spacial score (nSPS) is 21.3. The Morgan fingerprint density at radius 3 is 2.54 bits per heavy atom. The van der Waals surface area contributed by atoms with E-state index in [-0.39, 0.29) is 17.9 Å². The van der Waals surface area contributed by atoms with Crippen molar-refractivity contribution in [1.29, 1.82) is 0 Å². The van der Waals surface area contributed by atoms with Gasteiger partial charge in [-0.05, 0) is 49.1 Å². The molecule has 1 aromatic carbocycles. The van der Waals surface area contributed by atoms with Gasteiger partial charge in [-0.15, -0.1) is 0 Å². The van der Waals surface area contributed by atoms with Gasteiger partial charge >= 0.3 is 0 Å². The number of likely N-dealkylation sites (N-methyl/N-ethyl adjacent to an activating group) is 1. The summed E-state index contributed by atoms with van der Waals surface area (Å²) in [6.45, 7) is 5.43. The maximum Gasteiger partial charge on any atom is 0.254 e. The molecule has 1 heterocycles. The molecule has 1 saturated carbocycles. The first kappa shape index (κ1) is 18.6. The van der Waals surface area contributed by atoms with Crippen molar-refractivity contribution >= 4 is 17.5 Å². The van der Waals surface area contributed by atoms with Gasteiger partial charge in [0.05, 0.1) is 12.7 Å². The highest BCUT2D eigenvalue weighted by Crippen LogP contribution is 2.30. The first-order valence-corrected chi connectivity index (χ1v) is 9.51. The van der Waals surface area contributed by atoms with Gasteiger partial charge < -0.3 is 14.5 Å². The molecule has 3 rings (SSSR count). The van der Waals surface area contributed by atoms with Crippen molar-refractivity contribution in [3.8, 4) is 0 Å². The van der Waals surface area contributed by atoms with E-state index in [2.05, 4.69) is 6.58 Å². The third-order valence-corrected chi connectivity index (χ3v) is 5.56. The van der Waals surface area contributed by atoms with E-state index in [9.17, 15) is 9.59 Å². The lowest BCUT2D eigenvalue weighted by atomic mass is 9.84. The molecule has 140 valence electrons. The van der Waals surface area contributed by atoms with E-state index in [1.54, 1.807) is 31.3 Å². The van der Waals surface area contributed by atoms with E-state index >= 15 is 0 Å². The predicted octanol–water partition coefficient (Wildman–Crippen LogP) is 3.26. The first-order valence-electron chi connectivity index (χ1n) is 9.51. The number of carbonyl (C=O) groups excluding carboxylic acids is 2. The Kier molecular flexibility index (Phi) is 6.09. The molecule has 1 aliphatic carbocycles. The van der Waals surface area contributed by atoms with Crippen LogP contribution in [0, 0.1) is 5.92 Å². The number of anilines is 1. The van der Waals surface area contributed by atoms with Crippen molar-refractivity contribution in [3.05, 3.63) is 42.5 Å². The monoisotopic (exact) mass is 356 g/mol. The van der Waals surface area contributed by atoms with Crippen LogP contribution >= 0.6 is 0 Å². The number of morpholine rings is 1. The molecule has 5 nitrogen and oxygen atoms in total. The summed E-state index contributed by atoms with van der Waals surface area (Å²) < 4.78 is 5.98. The lowest BCUT2D eigenvalue weighted by Gasteiger charge is -2.38. The average molecular weight is 356 g/mol. The van der Waals surface area contributed by atoms with E-state index in [0.29, 0.717) is 31.2 Å². The summed E-state index contributed by atoms with van der Waals surface area (Å²) >= 11 is 0. The fourth-order valence-corrected chi connectivity index (χ4v) is 3.93. The highest BCUT2D eigenvalue weighted by Gasteiger charge is 2.31. The minimum atomic E-state index is -0.174. The SMILES string of the molecule is C=CC(=O)N(C)c1ccc(C(=O)N2CCOC(C3CCCCC3)C2)cc1. The summed E-state index contributed by atoms with van der Waals surface area (Å²) in [5.41, 5.74) is 1.39. The molecular weight excluding hydrogens is 328 g/mol. The Hall–Kier alpha value is -2.14. The number of carbonyl (C=O) groups is 2. The molecule has 0 bridgehead atoms. The second kappa shape index (κ2) is 8.49. The predicted molar refractivity (Wildman–Crippen MR) is 102 cm³/mol. The molecule has 0 N–H and O–H groups in total. The Labute approximate surface area is 155 Å². The standard InChI is InChI=1S/C21H28N2O3/c1-3-20(24)22(2)18-11-9-17(10-12-18)21(25)23-13-14-26-19(15-23)16-7-5-4-6-8-16/h3,9-12,16,19H,1,4-8,13-15H2,2H3. The maximum absolute atomic E-state index is 12.9. The zero-order valence-electron chi connectivity index (χ0n) is 15.5. The van der Waals surface area contributed by atoms with Crippen molar-refractivity contribution < 1.29 is 14.3 Å². The molecule has 2 aliphatic rings. The molecule has 1 aliphatic heterocycles. The van der Waals surface area contributed by atoms with Crippen molar-refractivity contribution in [3.63, 3.8) is 0 Å². The van der Waals surface area contributed by atoms with Crippen LogP contribution in [0.1, 0.15) is 42.5 Å². The van der Waals surface area contributed by atoms with Gasteiger partial charge in [-0.3, -0.25) is 9.59 Å². The fourth-order valence-electron chi connectivity index (χ4n) is 3.93. The van der Waals surface area contributed by atoms with Crippen molar-refractivity contribution in [2.75, 3.05) is 31.6 Å². The summed E-state index contributed by atoms with van der Waals surface area (Å²) in [7, 11) is 1.69. The minimum Gasteiger partial charge on any atom is -0.374 e. The molecule has 0 radical (unpaired) electrons. The van der Waals surface area contributed by atoms with E-state index in [4.69, 9.17) is 4.74 Å². The van der Waals surface area contributed by atoms with Gasteiger partial charge in [0.2, 0.25) is 5.91 Å². The highest BCUT2D eigenvalue weighted by atomic mass is 16.5. The first-order chi connectivity index (χ1) is 12.6. The average Bonchev–Trinajstić information content (AvgIpc) is 2.73. The molecule has 1 aromatic rings. The van der Waals surface area contributed by atoms with Crippen molar-refractivity contribution in [2.24, 2.45) is 5.92 Å². The molecule has 0 aromatic heterocycles. The van der Waals surface area contributed by atoms with Crippen LogP contribution in [0.25, 0.3) is 0 Å². The Morgan fingerprint density at radius 1 is 1.19 bits per heavy atom. The molecule has 26 heavy (non-hydrogen) atoms. The maximum atomic E-state index is 12.9. The number of amides is 2. The smallest absolute Gasteiger partial charge is 0.254 e. The number of nitrogens with zero attached hydrogens (tertiary/aromatic N) is 2. The van der Waals surface area contributed by atoms with Crippen LogP contribution in [0.3, 0.4) is 0 Å². The quantitative estimate of drug-likeness (QED) is 0.778. The van der Waals surface area contributed by atoms with Gasteiger partial charge in [-0.1, -0.05) is 25.8 Å². The van der Waals surface area contributed by atoms with E-state index in [1.165, 1.54) is 43.1 Å².